The van der Waals surface area contributed by atoms with Crippen LogP contribution in [-0.2, 0) is 9.59 Å². The third kappa shape index (κ3) is 28.2. The van der Waals surface area contributed by atoms with Crippen LogP contribution < -0.4 is 0 Å². The van der Waals surface area contributed by atoms with Crippen molar-refractivity contribution in [2.75, 3.05) is 0 Å². The maximum Gasteiger partial charge on any atom is 0.306 e. The second kappa shape index (κ2) is 29.2. The highest BCUT2D eigenvalue weighted by molar-refractivity contribution is 5.69. The van der Waals surface area contributed by atoms with E-state index in [4.69, 9.17) is 5.11 Å². The number of allylic oxidation sites excluding steroid dienone is 10. The molecule has 0 aromatic carbocycles. The fourth-order valence-electron chi connectivity index (χ4n) is 4.21. The summed E-state index contributed by atoms with van der Waals surface area (Å²) in [5.41, 5.74) is 0. The highest BCUT2D eigenvalue weighted by Crippen LogP contribution is 2.17. The van der Waals surface area contributed by atoms with Gasteiger partial charge in [-0.2, -0.15) is 0 Å². The van der Waals surface area contributed by atoms with Gasteiger partial charge in [0.15, 0.2) is 0 Å². The molecular weight excluding hydrogens is 472 g/mol. The standard InChI is InChI=1S/C34H56O4/c1-2-3-4-5-6-7-8-9-10-11-12-14-17-20-23-26-29-32(34(37)38)30-27-24-21-18-15-13-16-19-22-25-28-31-33(35)36/h6-7,9-10,12,14-15,18,20,23,32H,2-5,8,11,13,16-17,19,21-22,24-31H2,1H3,(H,35,36)(H,37,38). The number of carboxylic acid groups (broad SMARTS) is 2. The molecule has 0 aliphatic carbocycles. The van der Waals surface area contributed by atoms with Gasteiger partial charge in [-0.05, 0) is 83.5 Å². The zero-order valence-electron chi connectivity index (χ0n) is 24.2. The van der Waals surface area contributed by atoms with E-state index in [2.05, 4.69) is 67.7 Å². The van der Waals surface area contributed by atoms with Gasteiger partial charge >= 0.3 is 11.9 Å². The average molecular weight is 529 g/mol. The first-order valence-corrected chi connectivity index (χ1v) is 15.3. The number of hydrogen-bond donors (Lipinski definition) is 2. The third-order valence-electron chi connectivity index (χ3n) is 6.59. The predicted molar refractivity (Wildman–Crippen MR) is 162 cm³/mol. The Balaban J connectivity index is 3.72. The summed E-state index contributed by atoms with van der Waals surface area (Å²) in [5.74, 6) is -1.61. The molecule has 0 rings (SSSR count). The van der Waals surface area contributed by atoms with Gasteiger partial charge in [-0.1, -0.05) is 106 Å². The van der Waals surface area contributed by atoms with E-state index in [0.717, 1.165) is 89.9 Å². The first-order valence-electron chi connectivity index (χ1n) is 15.3. The number of aliphatic carboxylic acids is 2. The van der Waals surface area contributed by atoms with Gasteiger partial charge in [-0.15, -0.1) is 0 Å². The number of rotatable bonds is 27. The lowest BCUT2D eigenvalue weighted by Crippen LogP contribution is -2.13. The highest BCUT2D eigenvalue weighted by Gasteiger charge is 2.15. The summed E-state index contributed by atoms with van der Waals surface area (Å²) in [7, 11) is 0. The Kier molecular flexibility index (Phi) is 27.4. The van der Waals surface area contributed by atoms with Crippen molar-refractivity contribution in [3.63, 3.8) is 0 Å². The lowest BCUT2D eigenvalue weighted by molar-refractivity contribution is -0.142. The molecule has 0 saturated heterocycles. The van der Waals surface area contributed by atoms with Crippen LogP contribution in [0.2, 0.25) is 0 Å². The molecule has 0 radical (unpaired) electrons. The molecule has 0 aromatic rings. The number of carbonyl (C=O) groups is 2. The van der Waals surface area contributed by atoms with Crippen LogP contribution in [0.1, 0.15) is 135 Å². The van der Waals surface area contributed by atoms with Crippen molar-refractivity contribution in [2.24, 2.45) is 5.92 Å². The molecule has 0 aliphatic heterocycles. The van der Waals surface area contributed by atoms with Crippen molar-refractivity contribution in [1.82, 2.24) is 0 Å². The molecule has 1 unspecified atom stereocenters. The molecule has 0 aliphatic rings. The minimum absolute atomic E-state index is 0.244. The Morgan fingerprint density at radius 2 is 0.974 bits per heavy atom. The van der Waals surface area contributed by atoms with Crippen LogP contribution in [0.5, 0.6) is 0 Å². The summed E-state index contributed by atoms with van der Waals surface area (Å²) < 4.78 is 0. The van der Waals surface area contributed by atoms with Crippen LogP contribution in [0.25, 0.3) is 0 Å². The normalized spacial score (nSPS) is 13.2. The minimum atomic E-state index is -0.700. The number of unbranched alkanes of at least 4 members (excludes halogenated alkanes) is 10. The van der Waals surface area contributed by atoms with Gasteiger partial charge in [0, 0.05) is 6.42 Å². The lowest BCUT2D eigenvalue weighted by atomic mass is 9.96. The smallest absolute Gasteiger partial charge is 0.306 e. The van der Waals surface area contributed by atoms with Crippen LogP contribution in [0.4, 0.5) is 0 Å². The summed E-state index contributed by atoms with van der Waals surface area (Å²) >= 11 is 0. The maximum atomic E-state index is 11.6. The predicted octanol–water partition coefficient (Wildman–Crippen LogP) is 10.4. The monoisotopic (exact) mass is 528 g/mol. The molecule has 0 aromatic heterocycles. The summed E-state index contributed by atoms with van der Waals surface area (Å²) in [4.78, 5) is 22.0. The second-order valence-corrected chi connectivity index (χ2v) is 10.2. The molecule has 4 heteroatoms. The molecule has 0 saturated carbocycles. The molecule has 2 N–H and O–H groups in total. The molecule has 0 bridgehead atoms. The topological polar surface area (TPSA) is 74.6 Å². The molecule has 0 heterocycles. The molecule has 0 fully saturated rings. The van der Waals surface area contributed by atoms with E-state index in [9.17, 15) is 14.7 Å². The average Bonchev–Trinajstić information content (AvgIpc) is 2.89. The van der Waals surface area contributed by atoms with Crippen LogP contribution >= 0.6 is 0 Å². The SMILES string of the molecule is CCCCCC=CCC=CCC=CCC=CCCC(CCCCC=CCCCCCCCC(=O)O)C(=O)O. The summed E-state index contributed by atoms with van der Waals surface area (Å²) in [6.07, 6.45) is 41.9. The Hall–Kier alpha value is -2.36. The lowest BCUT2D eigenvalue weighted by Gasteiger charge is -2.10. The van der Waals surface area contributed by atoms with E-state index in [1.54, 1.807) is 0 Å². The van der Waals surface area contributed by atoms with Gasteiger partial charge in [-0.25, -0.2) is 0 Å². The minimum Gasteiger partial charge on any atom is -0.481 e. The largest absolute Gasteiger partial charge is 0.481 e. The molecular formula is C34H56O4. The fraction of sp³-hybridized carbons (Fsp3) is 0.647. The zero-order valence-corrected chi connectivity index (χ0v) is 24.2. The molecule has 4 nitrogen and oxygen atoms in total. The van der Waals surface area contributed by atoms with E-state index in [1.165, 1.54) is 25.7 Å². The first-order chi connectivity index (χ1) is 18.6. The number of carboxylic acids is 2. The van der Waals surface area contributed by atoms with Gasteiger partial charge in [-0.3, -0.25) is 9.59 Å². The number of hydrogen-bond acceptors (Lipinski definition) is 2. The van der Waals surface area contributed by atoms with Crippen LogP contribution in [-0.4, -0.2) is 22.2 Å². The van der Waals surface area contributed by atoms with Gasteiger partial charge in [0.2, 0.25) is 0 Å². The first kappa shape index (κ1) is 35.6. The second-order valence-electron chi connectivity index (χ2n) is 10.2. The van der Waals surface area contributed by atoms with E-state index >= 15 is 0 Å². The summed E-state index contributed by atoms with van der Waals surface area (Å²) in [5, 5.41) is 18.1. The van der Waals surface area contributed by atoms with Crippen molar-refractivity contribution in [3.8, 4) is 0 Å². The Morgan fingerprint density at radius 1 is 0.526 bits per heavy atom. The van der Waals surface area contributed by atoms with Crippen LogP contribution in [0, 0.1) is 5.92 Å². The van der Waals surface area contributed by atoms with Gasteiger partial charge < -0.3 is 10.2 Å². The Labute approximate surface area is 233 Å². The maximum absolute atomic E-state index is 11.6. The Bertz CT molecular complexity index is 699. The molecule has 0 spiro atoms. The summed E-state index contributed by atoms with van der Waals surface area (Å²) in [6.45, 7) is 2.23. The van der Waals surface area contributed by atoms with Crippen molar-refractivity contribution < 1.29 is 19.8 Å². The molecule has 1 atom stereocenters. The van der Waals surface area contributed by atoms with Gasteiger partial charge in [0.05, 0.1) is 5.92 Å². The van der Waals surface area contributed by atoms with E-state index < -0.39 is 11.9 Å². The van der Waals surface area contributed by atoms with Gasteiger partial charge in [0.25, 0.3) is 0 Å². The fourth-order valence-corrected chi connectivity index (χ4v) is 4.21. The summed E-state index contributed by atoms with van der Waals surface area (Å²) in [6, 6.07) is 0. The molecule has 216 valence electrons. The quantitative estimate of drug-likeness (QED) is 0.0821. The van der Waals surface area contributed by atoms with Crippen LogP contribution in [0.15, 0.2) is 60.8 Å². The van der Waals surface area contributed by atoms with Gasteiger partial charge in [0.1, 0.15) is 0 Å². The van der Waals surface area contributed by atoms with Crippen molar-refractivity contribution >= 4 is 11.9 Å². The van der Waals surface area contributed by atoms with E-state index in [-0.39, 0.29) is 12.3 Å². The Morgan fingerprint density at radius 3 is 1.53 bits per heavy atom. The van der Waals surface area contributed by atoms with Crippen molar-refractivity contribution in [2.45, 2.75) is 135 Å². The molecule has 0 amide bonds. The van der Waals surface area contributed by atoms with E-state index in [0.29, 0.717) is 6.42 Å². The third-order valence-corrected chi connectivity index (χ3v) is 6.59. The van der Waals surface area contributed by atoms with E-state index in [1.807, 2.05) is 0 Å². The molecule has 38 heavy (non-hydrogen) atoms. The van der Waals surface area contributed by atoms with Crippen LogP contribution in [0.3, 0.4) is 0 Å². The zero-order chi connectivity index (χ0) is 27.9. The highest BCUT2D eigenvalue weighted by atomic mass is 16.4. The van der Waals surface area contributed by atoms with Crippen molar-refractivity contribution in [3.05, 3.63) is 60.8 Å². The van der Waals surface area contributed by atoms with Crippen molar-refractivity contribution in [1.29, 1.82) is 0 Å².